The zero-order valence-electron chi connectivity index (χ0n) is 38.5. The number of hydrogen-bond acceptors (Lipinski definition) is 6. The first-order valence-electron chi connectivity index (χ1n) is 24.4. The molecule has 0 aliphatic heterocycles. The van der Waals surface area contributed by atoms with E-state index in [4.69, 9.17) is 14.2 Å². The lowest BCUT2D eigenvalue weighted by molar-refractivity contribution is -0.167. The molecule has 6 heteroatoms. The van der Waals surface area contributed by atoms with E-state index in [1.165, 1.54) is 70.6 Å². The van der Waals surface area contributed by atoms with Gasteiger partial charge in [0.25, 0.3) is 0 Å². The highest BCUT2D eigenvalue weighted by Gasteiger charge is 2.19. The summed E-state index contributed by atoms with van der Waals surface area (Å²) in [5.41, 5.74) is 0. The minimum Gasteiger partial charge on any atom is -0.462 e. The molecule has 0 aliphatic carbocycles. The van der Waals surface area contributed by atoms with Gasteiger partial charge in [0.05, 0.1) is 0 Å². The highest BCUT2D eigenvalue weighted by atomic mass is 16.6. The molecule has 0 amide bonds. The van der Waals surface area contributed by atoms with E-state index in [-0.39, 0.29) is 31.1 Å². The van der Waals surface area contributed by atoms with Crippen LogP contribution in [0.3, 0.4) is 0 Å². The fourth-order valence-electron chi connectivity index (χ4n) is 6.59. The van der Waals surface area contributed by atoms with Gasteiger partial charge in [-0.3, -0.25) is 14.4 Å². The van der Waals surface area contributed by atoms with E-state index >= 15 is 0 Å². The van der Waals surface area contributed by atoms with Gasteiger partial charge in [-0.15, -0.1) is 0 Å². The molecule has 59 heavy (non-hydrogen) atoms. The molecular weight excluding hydrogens is 733 g/mol. The monoisotopic (exact) mass is 823 g/mol. The van der Waals surface area contributed by atoms with Gasteiger partial charge in [-0.05, 0) is 83.5 Å². The molecule has 0 spiro atoms. The van der Waals surface area contributed by atoms with Crippen molar-refractivity contribution in [2.75, 3.05) is 13.2 Å². The van der Waals surface area contributed by atoms with Crippen LogP contribution >= 0.6 is 0 Å². The molecular formula is C53H90O6. The van der Waals surface area contributed by atoms with Crippen molar-refractivity contribution < 1.29 is 28.6 Å². The number of allylic oxidation sites excluding steroid dienone is 12. The first-order valence-corrected chi connectivity index (χ1v) is 24.4. The molecule has 0 fully saturated rings. The Labute approximate surface area is 363 Å². The van der Waals surface area contributed by atoms with E-state index in [9.17, 15) is 14.4 Å². The van der Waals surface area contributed by atoms with Gasteiger partial charge >= 0.3 is 17.9 Å². The summed E-state index contributed by atoms with van der Waals surface area (Å²) in [4.78, 5) is 37.8. The smallest absolute Gasteiger partial charge is 0.306 e. The molecule has 0 saturated heterocycles. The Morgan fingerprint density at radius 2 is 0.661 bits per heavy atom. The van der Waals surface area contributed by atoms with Crippen LogP contribution in [0.2, 0.25) is 0 Å². The summed E-state index contributed by atoms with van der Waals surface area (Å²) in [5, 5.41) is 0. The van der Waals surface area contributed by atoms with Crippen LogP contribution in [0.4, 0.5) is 0 Å². The highest BCUT2D eigenvalue weighted by molar-refractivity contribution is 5.71. The summed E-state index contributed by atoms with van der Waals surface area (Å²) in [7, 11) is 0. The zero-order chi connectivity index (χ0) is 43.0. The van der Waals surface area contributed by atoms with Crippen molar-refractivity contribution in [1.82, 2.24) is 0 Å². The van der Waals surface area contributed by atoms with E-state index in [1.54, 1.807) is 0 Å². The van der Waals surface area contributed by atoms with Crippen LogP contribution in [0.5, 0.6) is 0 Å². The first kappa shape index (κ1) is 55.9. The molecule has 6 nitrogen and oxygen atoms in total. The lowest BCUT2D eigenvalue weighted by Gasteiger charge is -2.18. The Morgan fingerprint density at radius 3 is 1.03 bits per heavy atom. The molecule has 0 aromatic rings. The van der Waals surface area contributed by atoms with Gasteiger partial charge in [0.1, 0.15) is 13.2 Å². The third kappa shape index (κ3) is 45.8. The Morgan fingerprint density at radius 1 is 0.356 bits per heavy atom. The van der Waals surface area contributed by atoms with Gasteiger partial charge in [0.15, 0.2) is 6.10 Å². The second kappa shape index (κ2) is 47.5. The molecule has 0 radical (unpaired) electrons. The molecule has 0 bridgehead atoms. The number of carbonyl (C=O) groups is 3. The molecule has 0 aromatic carbocycles. The number of rotatable bonds is 43. The van der Waals surface area contributed by atoms with Gasteiger partial charge in [0.2, 0.25) is 0 Å². The fraction of sp³-hybridized carbons (Fsp3) is 0.717. The van der Waals surface area contributed by atoms with Crippen LogP contribution in [0, 0.1) is 0 Å². The second-order valence-corrected chi connectivity index (χ2v) is 16.0. The summed E-state index contributed by atoms with van der Waals surface area (Å²) in [6, 6.07) is 0. The number of esters is 3. The Balaban J connectivity index is 4.38. The van der Waals surface area contributed by atoms with Crippen molar-refractivity contribution in [2.45, 2.75) is 232 Å². The summed E-state index contributed by atoms with van der Waals surface area (Å²) < 4.78 is 16.7. The summed E-state index contributed by atoms with van der Waals surface area (Å²) in [6.07, 6.45) is 58.8. The van der Waals surface area contributed by atoms with Gasteiger partial charge < -0.3 is 14.2 Å². The predicted octanol–water partition coefficient (Wildman–Crippen LogP) is 15.9. The molecule has 0 rings (SSSR count). The third-order valence-corrected chi connectivity index (χ3v) is 10.2. The Bertz CT molecular complexity index is 1130. The molecule has 0 aromatic heterocycles. The molecule has 338 valence electrons. The molecule has 0 saturated carbocycles. The van der Waals surface area contributed by atoms with Gasteiger partial charge in [0, 0.05) is 19.3 Å². The fourth-order valence-corrected chi connectivity index (χ4v) is 6.59. The second-order valence-electron chi connectivity index (χ2n) is 16.0. The average Bonchev–Trinajstić information content (AvgIpc) is 3.23. The normalized spacial score (nSPS) is 12.7. The zero-order valence-corrected chi connectivity index (χ0v) is 38.5. The van der Waals surface area contributed by atoms with Crippen molar-refractivity contribution in [3.8, 4) is 0 Å². The molecule has 0 N–H and O–H groups in total. The van der Waals surface area contributed by atoms with Crippen LogP contribution in [0.25, 0.3) is 0 Å². The van der Waals surface area contributed by atoms with Gasteiger partial charge in [-0.1, -0.05) is 196 Å². The Kier molecular flexibility index (Phi) is 45.0. The molecule has 0 aliphatic rings. The van der Waals surface area contributed by atoms with E-state index in [2.05, 4.69) is 93.7 Å². The van der Waals surface area contributed by atoms with Crippen molar-refractivity contribution in [2.24, 2.45) is 0 Å². The lowest BCUT2D eigenvalue weighted by Crippen LogP contribution is -2.30. The topological polar surface area (TPSA) is 78.9 Å². The van der Waals surface area contributed by atoms with Crippen LogP contribution in [0.15, 0.2) is 72.9 Å². The number of carbonyl (C=O) groups excluding carboxylic acids is 3. The summed E-state index contributed by atoms with van der Waals surface area (Å²) >= 11 is 0. The lowest BCUT2D eigenvalue weighted by atomic mass is 10.1. The first-order chi connectivity index (χ1) is 29.0. The van der Waals surface area contributed by atoms with E-state index in [1.807, 2.05) is 0 Å². The van der Waals surface area contributed by atoms with E-state index in [0.29, 0.717) is 19.3 Å². The van der Waals surface area contributed by atoms with Crippen LogP contribution < -0.4 is 0 Å². The standard InChI is InChI=1S/C53H90O6/c1-4-7-10-13-16-19-21-23-25-27-29-31-34-37-40-43-46-52(55)58-49-50(48-57-51(54)45-42-39-36-33-18-15-12-9-6-3)59-53(56)47-44-41-38-35-32-30-28-26-24-22-20-17-14-11-8-5-2/h7-8,10-11,16-17,19-20,23-26,50H,4-6,9,12-15,18,21-22,27-49H2,1-3H3/b10-7-,11-8-,19-16-,20-17-,25-23-,26-24-. The van der Waals surface area contributed by atoms with Crippen LogP contribution in [0.1, 0.15) is 226 Å². The maximum Gasteiger partial charge on any atom is 0.306 e. The maximum atomic E-state index is 12.8. The minimum absolute atomic E-state index is 0.0845. The van der Waals surface area contributed by atoms with Gasteiger partial charge in [-0.2, -0.15) is 0 Å². The highest BCUT2D eigenvalue weighted by Crippen LogP contribution is 2.14. The molecule has 1 atom stereocenters. The number of hydrogen-bond donors (Lipinski definition) is 0. The van der Waals surface area contributed by atoms with Crippen molar-refractivity contribution in [3.05, 3.63) is 72.9 Å². The van der Waals surface area contributed by atoms with Crippen molar-refractivity contribution in [1.29, 1.82) is 0 Å². The largest absolute Gasteiger partial charge is 0.462 e. The number of unbranched alkanes of at least 4 members (excludes halogenated alkanes) is 20. The maximum absolute atomic E-state index is 12.8. The number of ether oxygens (including phenoxy) is 3. The van der Waals surface area contributed by atoms with Crippen molar-refractivity contribution >= 4 is 17.9 Å². The SMILES string of the molecule is CC/C=C\C/C=C\C/C=C\CCCCCCCCC(=O)OCC(COC(=O)CCCCCCCCCCC)OC(=O)CCCCCCCC/C=C\C/C=C\C/C=C\CC. The van der Waals surface area contributed by atoms with E-state index in [0.717, 1.165) is 116 Å². The van der Waals surface area contributed by atoms with Crippen molar-refractivity contribution in [3.63, 3.8) is 0 Å². The molecule has 0 heterocycles. The minimum atomic E-state index is -0.784. The molecule has 1 unspecified atom stereocenters. The van der Waals surface area contributed by atoms with E-state index < -0.39 is 6.10 Å². The van der Waals surface area contributed by atoms with Crippen LogP contribution in [-0.2, 0) is 28.6 Å². The van der Waals surface area contributed by atoms with Crippen LogP contribution in [-0.4, -0.2) is 37.2 Å². The third-order valence-electron chi connectivity index (χ3n) is 10.2. The quantitative estimate of drug-likeness (QED) is 0.0264. The summed E-state index contributed by atoms with van der Waals surface area (Å²) in [6.45, 7) is 6.37. The summed E-state index contributed by atoms with van der Waals surface area (Å²) in [5.74, 6) is -0.915. The van der Waals surface area contributed by atoms with Gasteiger partial charge in [-0.25, -0.2) is 0 Å². The predicted molar refractivity (Wildman–Crippen MR) is 251 cm³/mol. The Hall–Kier alpha value is -3.15. The average molecular weight is 823 g/mol.